The van der Waals surface area contributed by atoms with Crippen molar-refractivity contribution in [3.8, 4) is 22.9 Å². The van der Waals surface area contributed by atoms with E-state index in [1.807, 2.05) is 12.1 Å². The average molecular weight is 677 g/mol. The average Bonchev–Trinajstić information content (AvgIpc) is 3.84. The van der Waals surface area contributed by atoms with Crippen molar-refractivity contribution < 1.29 is 8.83 Å². The highest BCUT2D eigenvalue weighted by Gasteiger charge is 2.44. The van der Waals surface area contributed by atoms with Gasteiger partial charge in [0.05, 0.1) is 0 Å². The molecule has 0 saturated heterocycles. The molecule has 51 heavy (non-hydrogen) atoms. The van der Waals surface area contributed by atoms with Gasteiger partial charge in [-0.15, -0.1) is 0 Å². The van der Waals surface area contributed by atoms with Crippen LogP contribution in [0.3, 0.4) is 0 Å². The van der Waals surface area contributed by atoms with Gasteiger partial charge in [0.2, 0.25) is 11.8 Å². The Balaban J connectivity index is 1.27. The lowest BCUT2D eigenvalue weighted by atomic mass is 9.89. The Labute approximate surface area is 298 Å². The minimum Gasteiger partial charge on any atom is -0.436 e. The lowest BCUT2D eigenvalue weighted by molar-refractivity contribution is 0.619. The van der Waals surface area contributed by atoms with Gasteiger partial charge < -0.3 is 8.83 Å². The van der Waals surface area contributed by atoms with E-state index in [0.717, 1.165) is 44.5 Å². The van der Waals surface area contributed by atoms with E-state index in [1.165, 1.54) is 43.8 Å². The quantitative estimate of drug-likeness (QED) is 0.165. The van der Waals surface area contributed by atoms with E-state index in [2.05, 4.69) is 160 Å². The predicted octanol–water partition coefficient (Wildman–Crippen LogP) is 12.2. The molecule has 0 radical (unpaired) electrons. The van der Waals surface area contributed by atoms with E-state index >= 15 is 0 Å². The topological polar surface area (TPSA) is 52.1 Å². The zero-order chi connectivity index (χ0) is 34.7. The van der Waals surface area contributed by atoms with Gasteiger partial charge in [0.25, 0.3) is 0 Å². The second-order valence-electron chi connectivity index (χ2n) is 14.0. The van der Waals surface area contributed by atoms with Gasteiger partial charge in [-0.05, 0) is 117 Å². The number of benzene rings is 6. The second-order valence-corrected chi connectivity index (χ2v) is 18.2. The highest BCUT2D eigenvalue weighted by atomic mass is 28.3. The first-order chi connectivity index (χ1) is 24.8. The maximum atomic E-state index is 6.31. The van der Waals surface area contributed by atoms with Crippen LogP contribution in [0.15, 0.2) is 154 Å². The molecule has 0 aliphatic carbocycles. The van der Waals surface area contributed by atoms with Gasteiger partial charge in [-0.1, -0.05) is 110 Å². The fourth-order valence-electron chi connectivity index (χ4n) is 7.73. The van der Waals surface area contributed by atoms with Crippen molar-refractivity contribution in [1.29, 1.82) is 0 Å². The van der Waals surface area contributed by atoms with Crippen LogP contribution in [0.1, 0.15) is 33.4 Å². The fraction of sp³-hybridized carbons (Fsp3) is 0.0870. The molecule has 9 rings (SSSR count). The minimum atomic E-state index is -2.44. The van der Waals surface area contributed by atoms with Gasteiger partial charge in [-0.2, -0.15) is 0 Å². The first kappa shape index (κ1) is 31.0. The Morgan fingerprint density at radius 2 is 0.804 bits per heavy atom. The van der Waals surface area contributed by atoms with Crippen LogP contribution in [0.4, 0.5) is 0 Å². The van der Waals surface area contributed by atoms with Gasteiger partial charge in [0, 0.05) is 11.1 Å². The summed E-state index contributed by atoms with van der Waals surface area (Å²) in [6.45, 7) is 9.13. The van der Waals surface area contributed by atoms with E-state index in [1.54, 1.807) is 0 Å². The molecule has 3 heterocycles. The van der Waals surface area contributed by atoms with Crippen LogP contribution in [0.5, 0.6) is 0 Å². The van der Waals surface area contributed by atoms with Crippen molar-refractivity contribution in [2.24, 2.45) is 0 Å². The number of oxazole rings is 2. The SMILES string of the molecule is Cc1ccc2oc(-c3cccc(C4=C(c5ccccc5)C(c5ccccc5)=C(c5cccc(-c6nc7cc(C)ccc7o6)c5)[Si]4(C)C)c3)nc2c1. The zero-order valence-electron chi connectivity index (χ0n) is 29.1. The van der Waals surface area contributed by atoms with Gasteiger partial charge in [-0.25, -0.2) is 9.97 Å². The molecule has 1 aliphatic heterocycles. The Kier molecular flexibility index (Phi) is 7.33. The van der Waals surface area contributed by atoms with Crippen LogP contribution in [0.2, 0.25) is 13.1 Å². The van der Waals surface area contributed by atoms with Crippen LogP contribution in [0, 0.1) is 13.8 Å². The number of allylic oxidation sites excluding steroid dienone is 2. The fourth-order valence-corrected chi connectivity index (χ4v) is 11.5. The Bertz CT molecular complexity index is 2490. The third-order valence-corrected chi connectivity index (χ3v) is 13.6. The summed E-state index contributed by atoms with van der Waals surface area (Å²) in [7, 11) is -2.44. The summed E-state index contributed by atoms with van der Waals surface area (Å²) in [5, 5.41) is 2.78. The molecular weight excluding hydrogens is 641 g/mol. The number of rotatable bonds is 6. The summed E-state index contributed by atoms with van der Waals surface area (Å²) in [4.78, 5) is 9.82. The van der Waals surface area contributed by atoms with Crippen LogP contribution < -0.4 is 0 Å². The number of aryl methyl sites for hydroxylation is 2. The molecule has 246 valence electrons. The molecule has 0 amide bonds. The molecule has 0 spiro atoms. The summed E-state index contributed by atoms with van der Waals surface area (Å²) in [6, 6.07) is 51.6. The number of aromatic nitrogens is 2. The maximum Gasteiger partial charge on any atom is 0.227 e. The number of hydrogen-bond donors (Lipinski definition) is 0. The standard InChI is InChI=1S/C46H36N2O2Si/c1-29-21-23-39-37(25-29)47-45(49-39)35-19-11-17-33(27-35)43-41(31-13-7-5-8-14-31)42(32-15-9-6-10-16-32)44(51(43,3)4)34-18-12-20-36(28-34)46-48-38-26-30(2)22-24-40(38)50-46/h5-28H,1-4H3. The first-order valence-corrected chi connectivity index (χ1v) is 20.4. The molecule has 0 unspecified atom stereocenters. The third-order valence-electron chi connectivity index (χ3n) is 10.0. The zero-order valence-corrected chi connectivity index (χ0v) is 30.1. The molecular formula is C46H36N2O2Si. The summed E-state index contributed by atoms with van der Waals surface area (Å²) >= 11 is 0. The van der Waals surface area contributed by atoms with E-state index in [4.69, 9.17) is 18.8 Å². The molecule has 6 aromatic carbocycles. The minimum absolute atomic E-state index is 0.634. The third kappa shape index (κ3) is 5.38. The van der Waals surface area contributed by atoms with Crippen LogP contribution in [-0.2, 0) is 0 Å². The molecule has 5 heteroatoms. The molecule has 8 aromatic rings. The van der Waals surface area contributed by atoms with Crippen molar-refractivity contribution in [1.82, 2.24) is 9.97 Å². The van der Waals surface area contributed by atoms with E-state index in [-0.39, 0.29) is 0 Å². The Morgan fingerprint density at radius 3 is 1.24 bits per heavy atom. The molecule has 0 fully saturated rings. The van der Waals surface area contributed by atoms with Gasteiger partial charge in [0.15, 0.2) is 11.2 Å². The van der Waals surface area contributed by atoms with Crippen molar-refractivity contribution in [2.75, 3.05) is 0 Å². The number of fused-ring (bicyclic) bond motifs is 2. The normalized spacial score (nSPS) is 14.3. The molecule has 1 aliphatic rings. The molecule has 0 saturated carbocycles. The van der Waals surface area contributed by atoms with Gasteiger partial charge in [0.1, 0.15) is 19.1 Å². The monoisotopic (exact) mass is 676 g/mol. The van der Waals surface area contributed by atoms with Gasteiger partial charge in [-0.3, -0.25) is 0 Å². The second kappa shape index (κ2) is 12.1. The lowest BCUT2D eigenvalue weighted by Gasteiger charge is -2.27. The van der Waals surface area contributed by atoms with E-state index in [0.29, 0.717) is 11.8 Å². The van der Waals surface area contributed by atoms with Crippen LogP contribution in [0.25, 0.3) is 66.6 Å². The first-order valence-electron chi connectivity index (χ1n) is 17.4. The smallest absolute Gasteiger partial charge is 0.227 e. The van der Waals surface area contributed by atoms with E-state index in [9.17, 15) is 0 Å². The van der Waals surface area contributed by atoms with Crippen LogP contribution in [-0.4, -0.2) is 18.0 Å². The molecule has 4 nitrogen and oxygen atoms in total. The van der Waals surface area contributed by atoms with Crippen molar-refractivity contribution >= 4 is 51.8 Å². The molecule has 0 N–H and O–H groups in total. The lowest BCUT2D eigenvalue weighted by Crippen LogP contribution is -2.28. The summed E-state index contributed by atoms with van der Waals surface area (Å²) in [5.74, 6) is 1.27. The van der Waals surface area contributed by atoms with Gasteiger partial charge >= 0.3 is 0 Å². The summed E-state index contributed by atoms with van der Waals surface area (Å²) in [5.41, 5.74) is 14.9. The maximum absolute atomic E-state index is 6.31. The Hall–Kier alpha value is -6.04. The molecule has 0 atom stereocenters. The van der Waals surface area contributed by atoms with Crippen molar-refractivity contribution in [2.45, 2.75) is 26.9 Å². The number of nitrogens with zero attached hydrogens (tertiary/aromatic N) is 2. The highest BCUT2D eigenvalue weighted by molar-refractivity contribution is 7.13. The summed E-state index contributed by atoms with van der Waals surface area (Å²) in [6.07, 6.45) is 0. The van der Waals surface area contributed by atoms with Crippen molar-refractivity contribution in [3.63, 3.8) is 0 Å². The largest absolute Gasteiger partial charge is 0.436 e. The molecule has 0 bridgehead atoms. The number of hydrogen-bond acceptors (Lipinski definition) is 4. The van der Waals surface area contributed by atoms with E-state index < -0.39 is 8.07 Å². The van der Waals surface area contributed by atoms with Crippen LogP contribution >= 0.6 is 0 Å². The molecule has 2 aromatic heterocycles. The highest BCUT2D eigenvalue weighted by Crippen LogP contribution is 2.56. The van der Waals surface area contributed by atoms with Crippen molar-refractivity contribution in [3.05, 3.63) is 179 Å². The Morgan fingerprint density at radius 1 is 0.412 bits per heavy atom. The summed E-state index contributed by atoms with van der Waals surface area (Å²) < 4.78 is 12.6. The predicted molar refractivity (Wildman–Crippen MR) is 212 cm³/mol.